The number of rotatable bonds is 5. The van der Waals surface area contributed by atoms with Crippen LogP contribution in [0.4, 0.5) is 5.95 Å². The Morgan fingerprint density at radius 3 is 2.62 bits per heavy atom. The molecule has 2 aromatic heterocycles. The number of thiazole rings is 1. The molecule has 1 aliphatic heterocycles. The summed E-state index contributed by atoms with van der Waals surface area (Å²) in [5.41, 5.74) is 1.80. The molecular weight excluding hydrogens is 324 g/mol. The van der Waals surface area contributed by atoms with E-state index < -0.39 is 0 Å². The number of likely N-dealkylation sites (N-methyl/N-ethyl adjacent to an activating group) is 1. The van der Waals surface area contributed by atoms with E-state index in [1.165, 1.54) is 0 Å². The predicted octanol–water partition coefficient (Wildman–Crippen LogP) is 1.27. The van der Waals surface area contributed by atoms with Gasteiger partial charge in [0.15, 0.2) is 0 Å². The average Bonchev–Trinajstić information content (AvgIpc) is 3.16. The molecule has 1 amide bonds. The summed E-state index contributed by atoms with van der Waals surface area (Å²) in [5.74, 6) is 0.903. The molecule has 7 nitrogen and oxygen atoms in total. The average molecular weight is 346 g/mol. The van der Waals surface area contributed by atoms with Gasteiger partial charge in [-0.15, -0.1) is 11.3 Å². The summed E-state index contributed by atoms with van der Waals surface area (Å²) in [7, 11) is 1.86. The molecule has 0 N–H and O–H groups in total. The van der Waals surface area contributed by atoms with Gasteiger partial charge in [-0.3, -0.25) is 14.7 Å². The molecular formula is C16H22N6OS. The molecule has 0 saturated carbocycles. The fourth-order valence-electron chi connectivity index (χ4n) is 2.70. The largest absolute Gasteiger partial charge is 0.338 e. The Kier molecular flexibility index (Phi) is 5.37. The lowest BCUT2D eigenvalue weighted by Gasteiger charge is -2.35. The second kappa shape index (κ2) is 7.67. The minimum atomic E-state index is 0.0593. The van der Waals surface area contributed by atoms with Crippen molar-refractivity contribution >= 4 is 23.2 Å². The van der Waals surface area contributed by atoms with E-state index in [9.17, 15) is 4.79 Å². The van der Waals surface area contributed by atoms with Crippen molar-refractivity contribution in [2.75, 3.05) is 44.7 Å². The van der Waals surface area contributed by atoms with Gasteiger partial charge in [-0.25, -0.2) is 9.97 Å². The number of aromatic nitrogens is 3. The van der Waals surface area contributed by atoms with Crippen LogP contribution >= 0.6 is 11.3 Å². The molecule has 0 aromatic carbocycles. The second-order valence-electron chi connectivity index (χ2n) is 5.90. The van der Waals surface area contributed by atoms with Gasteiger partial charge in [0.05, 0.1) is 18.1 Å². The minimum absolute atomic E-state index is 0.0593. The van der Waals surface area contributed by atoms with Crippen molar-refractivity contribution in [3.05, 3.63) is 35.0 Å². The van der Waals surface area contributed by atoms with Crippen LogP contribution in [0.5, 0.6) is 0 Å². The third-order valence-corrected chi connectivity index (χ3v) is 5.35. The van der Waals surface area contributed by atoms with Crippen molar-refractivity contribution in [3.8, 4) is 0 Å². The quantitative estimate of drug-likeness (QED) is 0.812. The molecule has 1 atom stereocenters. The van der Waals surface area contributed by atoms with Crippen molar-refractivity contribution in [1.82, 2.24) is 24.8 Å². The van der Waals surface area contributed by atoms with Crippen LogP contribution in [0, 0.1) is 0 Å². The highest BCUT2D eigenvalue weighted by molar-refractivity contribution is 7.09. The van der Waals surface area contributed by atoms with Crippen LogP contribution in [-0.2, 0) is 4.79 Å². The van der Waals surface area contributed by atoms with E-state index in [-0.39, 0.29) is 11.9 Å². The van der Waals surface area contributed by atoms with E-state index in [0.717, 1.165) is 37.0 Å². The van der Waals surface area contributed by atoms with E-state index in [2.05, 4.69) is 24.8 Å². The highest BCUT2D eigenvalue weighted by atomic mass is 32.1. The number of amides is 1. The van der Waals surface area contributed by atoms with E-state index in [0.29, 0.717) is 6.54 Å². The Hall–Kier alpha value is -2.06. The van der Waals surface area contributed by atoms with Crippen molar-refractivity contribution in [3.63, 3.8) is 0 Å². The molecule has 128 valence electrons. The lowest BCUT2D eigenvalue weighted by molar-refractivity contribution is -0.133. The van der Waals surface area contributed by atoms with Crippen LogP contribution < -0.4 is 4.90 Å². The molecule has 0 bridgehead atoms. The first-order chi connectivity index (χ1) is 11.6. The number of hydrogen-bond donors (Lipinski definition) is 0. The Morgan fingerprint density at radius 2 is 2.00 bits per heavy atom. The van der Waals surface area contributed by atoms with Crippen molar-refractivity contribution in [2.24, 2.45) is 0 Å². The first kappa shape index (κ1) is 16.8. The van der Waals surface area contributed by atoms with Gasteiger partial charge in [-0.05, 0) is 13.0 Å². The molecule has 0 radical (unpaired) electrons. The molecule has 8 heteroatoms. The zero-order valence-corrected chi connectivity index (χ0v) is 14.8. The zero-order valence-electron chi connectivity index (χ0n) is 14.0. The van der Waals surface area contributed by atoms with E-state index in [1.54, 1.807) is 34.1 Å². The Labute approximate surface area is 146 Å². The Balaban J connectivity index is 1.49. The van der Waals surface area contributed by atoms with Crippen LogP contribution in [0.3, 0.4) is 0 Å². The molecule has 0 spiro atoms. The number of carbonyl (C=O) groups is 1. The second-order valence-corrected chi connectivity index (χ2v) is 6.81. The van der Waals surface area contributed by atoms with Crippen LogP contribution in [0.25, 0.3) is 0 Å². The van der Waals surface area contributed by atoms with Gasteiger partial charge < -0.3 is 9.80 Å². The smallest absolute Gasteiger partial charge is 0.237 e. The molecule has 0 aliphatic carbocycles. The van der Waals surface area contributed by atoms with Gasteiger partial charge in [-0.1, -0.05) is 0 Å². The molecule has 3 rings (SSSR count). The fourth-order valence-corrected chi connectivity index (χ4v) is 3.42. The summed E-state index contributed by atoms with van der Waals surface area (Å²) in [5, 5.41) is 0. The minimum Gasteiger partial charge on any atom is -0.338 e. The molecule has 1 saturated heterocycles. The summed E-state index contributed by atoms with van der Waals surface area (Å²) in [6.45, 7) is 5.84. The Bertz CT molecular complexity index is 642. The zero-order chi connectivity index (χ0) is 16.9. The van der Waals surface area contributed by atoms with Crippen LogP contribution in [0.15, 0.2) is 30.2 Å². The standard InChI is InChI=1S/C16H22N6OS/c1-13(14-10-17-12-24-14)20(2)15(23)11-21-6-8-22(9-7-21)16-18-4-3-5-19-16/h3-5,10,12-13H,6-9,11H2,1-2H3/t13-/m0/s1. The molecule has 1 aliphatic rings. The van der Waals surface area contributed by atoms with Crippen molar-refractivity contribution < 1.29 is 4.79 Å². The lowest BCUT2D eigenvalue weighted by atomic mass is 10.2. The fraction of sp³-hybridized carbons (Fsp3) is 0.500. The predicted molar refractivity (Wildman–Crippen MR) is 94.0 cm³/mol. The van der Waals surface area contributed by atoms with Crippen molar-refractivity contribution in [1.29, 1.82) is 0 Å². The maximum absolute atomic E-state index is 12.5. The summed E-state index contributed by atoms with van der Waals surface area (Å²) in [6, 6.07) is 1.88. The molecule has 2 aromatic rings. The Morgan fingerprint density at radius 1 is 1.29 bits per heavy atom. The number of hydrogen-bond acceptors (Lipinski definition) is 7. The first-order valence-electron chi connectivity index (χ1n) is 8.03. The number of carbonyl (C=O) groups excluding carboxylic acids is 1. The van der Waals surface area contributed by atoms with Crippen LogP contribution in [0.1, 0.15) is 17.8 Å². The van der Waals surface area contributed by atoms with E-state index in [1.807, 2.05) is 26.2 Å². The normalized spacial score (nSPS) is 16.8. The summed E-state index contributed by atoms with van der Waals surface area (Å²) < 4.78 is 0. The molecule has 3 heterocycles. The van der Waals surface area contributed by atoms with Gasteiger partial charge in [-0.2, -0.15) is 0 Å². The van der Waals surface area contributed by atoms with Gasteiger partial charge in [0.2, 0.25) is 11.9 Å². The monoisotopic (exact) mass is 346 g/mol. The third-order valence-electron chi connectivity index (χ3n) is 4.40. The highest BCUT2D eigenvalue weighted by Crippen LogP contribution is 2.22. The number of nitrogens with zero attached hydrogens (tertiary/aromatic N) is 6. The summed E-state index contributed by atoms with van der Waals surface area (Å²) >= 11 is 1.58. The van der Waals surface area contributed by atoms with E-state index >= 15 is 0 Å². The first-order valence-corrected chi connectivity index (χ1v) is 8.91. The summed E-state index contributed by atoms with van der Waals surface area (Å²) in [4.78, 5) is 32.5. The third kappa shape index (κ3) is 3.88. The van der Waals surface area contributed by atoms with Crippen LogP contribution in [0.2, 0.25) is 0 Å². The lowest BCUT2D eigenvalue weighted by Crippen LogP contribution is -2.50. The highest BCUT2D eigenvalue weighted by Gasteiger charge is 2.24. The van der Waals surface area contributed by atoms with Crippen molar-refractivity contribution in [2.45, 2.75) is 13.0 Å². The number of anilines is 1. The maximum Gasteiger partial charge on any atom is 0.237 e. The van der Waals surface area contributed by atoms with Gasteiger partial charge >= 0.3 is 0 Å². The van der Waals surface area contributed by atoms with Gasteiger partial charge in [0, 0.05) is 56.7 Å². The topological polar surface area (TPSA) is 65.5 Å². The summed E-state index contributed by atoms with van der Waals surface area (Å²) in [6.07, 6.45) is 5.35. The van der Waals surface area contributed by atoms with E-state index in [4.69, 9.17) is 0 Å². The van der Waals surface area contributed by atoms with Crippen LogP contribution in [-0.4, -0.2) is 70.4 Å². The molecule has 24 heavy (non-hydrogen) atoms. The molecule has 1 fully saturated rings. The van der Waals surface area contributed by atoms with Gasteiger partial charge in [0.1, 0.15) is 0 Å². The molecule has 0 unspecified atom stereocenters. The number of piperazine rings is 1. The maximum atomic E-state index is 12.5. The van der Waals surface area contributed by atoms with Gasteiger partial charge in [0.25, 0.3) is 0 Å². The SMILES string of the molecule is C[C@@H](c1cncs1)N(C)C(=O)CN1CCN(c2ncccn2)CC1.